The smallest absolute Gasteiger partial charge is 0.176 e. The lowest BCUT2D eigenvalue weighted by Crippen LogP contribution is -2.14. The highest BCUT2D eigenvalue weighted by molar-refractivity contribution is 5.99. The van der Waals surface area contributed by atoms with E-state index in [0.717, 1.165) is 5.56 Å². The van der Waals surface area contributed by atoms with Crippen LogP contribution in [0.25, 0.3) is 0 Å². The molecule has 0 saturated heterocycles. The highest BCUT2D eigenvalue weighted by Crippen LogP contribution is 2.15. The number of phenols is 1. The summed E-state index contributed by atoms with van der Waals surface area (Å²) in [6.45, 7) is 1.78. The normalized spacial score (nSPS) is 9.83. The zero-order chi connectivity index (χ0) is 9.14. The van der Waals surface area contributed by atoms with Crippen LogP contribution in [0.5, 0.6) is 5.75 Å². The molecule has 1 rings (SSSR count). The summed E-state index contributed by atoms with van der Waals surface area (Å²) in [5.74, 6) is -0.0548. The minimum absolute atomic E-state index is 0.0235. The van der Waals surface area contributed by atoms with Crippen LogP contribution in [-0.4, -0.2) is 17.4 Å². The van der Waals surface area contributed by atoms with Gasteiger partial charge in [0, 0.05) is 5.56 Å². The number of aromatic hydroxyl groups is 1. The van der Waals surface area contributed by atoms with Crippen LogP contribution in [0.4, 0.5) is 0 Å². The Morgan fingerprint density at radius 2 is 2.25 bits per heavy atom. The van der Waals surface area contributed by atoms with E-state index in [1.165, 1.54) is 6.07 Å². The zero-order valence-electron chi connectivity index (χ0n) is 6.87. The highest BCUT2D eigenvalue weighted by Gasteiger charge is 2.06. The van der Waals surface area contributed by atoms with Crippen molar-refractivity contribution in [3.63, 3.8) is 0 Å². The predicted octanol–water partition coefficient (Wildman–Crippen LogP) is 0.842. The summed E-state index contributed by atoms with van der Waals surface area (Å²) in [6, 6.07) is 4.67. The number of nitrogens with two attached hydrogens (primary N) is 1. The van der Waals surface area contributed by atoms with Gasteiger partial charge in [-0.25, -0.2) is 0 Å². The van der Waals surface area contributed by atoms with Crippen molar-refractivity contribution in [1.82, 2.24) is 0 Å². The number of hydrogen-bond acceptors (Lipinski definition) is 3. The molecule has 0 aliphatic heterocycles. The first-order valence-corrected chi connectivity index (χ1v) is 3.68. The molecule has 0 atom stereocenters. The van der Waals surface area contributed by atoms with E-state index in [4.69, 9.17) is 10.8 Å². The number of ketones is 1. The number of rotatable bonds is 2. The summed E-state index contributed by atoms with van der Waals surface area (Å²) >= 11 is 0. The van der Waals surface area contributed by atoms with Crippen molar-refractivity contribution in [1.29, 1.82) is 0 Å². The van der Waals surface area contributed by atoms with E-state index in [9.17, 15) is 4.79 Å². The van der Waals surface area contributed by atoms with Crippen LogP contribution in [0, 0.1) is 6.92 Å². The van der Waals surface area contributed by atoms with Crippen molar-refractivity contribution < 1.29 is 9.90 Å². The van der Waals surface area contributed by atoms with Gasteiger partial charge in [-0.15, -0.1) is 0 Å². The molecule has 3 nitrogen and oxygen atoms in total. The SMILES string of the molecule is Cc1ccc(O)cc1C(=O)CN. The Morgan fingerprint density at radius 3 is 2.83 bits per heavy atom. The Kier molecular flexibility index (Phi) is 2.45. The molecular weight excluding hydrogens is 154 g/mol. The van der Waals surface area contributed by atoms with Gasteiger partial charge in [0.05, 0.1) is 6.54 Å². The van der Waals surface area contributed by atoms with Gasteiger partial charge in [0.15, 0.2) is 5.78 Å². The molecule has 0 bridgehead atoms. The van der Waals surface area contributed by atoms with Crippen molar-refractivity contribution in [3.05, 3.63) is 29.3 Å². The van der Waals surface area contributed by atoms with Crippen molar-refractivity contribution in [2.24, 2.45) is 5.73 Å². The standard InChI is InChI=1S/C9H11NO2/c1-6-2-3-7(11)4-8(6)9(12)5-10/h2-4,11H,5,10H2,1H3. The molecular formula is C9H11NO2. The second-order valence-electron chi connectivity index (χ2n) is 2.63. The van der Waals surface area contributed by atoms with E-state index in [1.54, 1.807) is 12.1 Å². The molecule has 0 aliphatic rings. The maximum atomic E-state index is 11.2. The summed E-state index contributed by atoms with van der Waals surface area (Å²) in [6.07, 6.45) is 0. The Hall–Kier alpha value is -1.35. The lowest BCUT2D eigenvalue weighted by Gasteiger charge is -2.02. The van der Waals surface area contributed by atoms with Crippen molar-refractivity contribution in [3.8, 4) is 5.75 Å². The third-order valence-corrected chi connectivity index (χ3v) is 1.71. The van der Waals surface area contributed by atoms with E-state index >= 15 is 0 Å². The van der Waals surface area contributed by atoms with E-state index in [1.807, 2.05) is 6.92 Å². The Morgan fingerprint density at radius 1 is 1.58 bits per heavy atom. The Balaban J connectivity index is 3.13. The number of Topliss-reactive ketones (excluding diaryl/α,β-unsaturated/α-hetero) is 1. The second-order valence-corrected chi connectivity index (χ2v) is 2.63. The second kappa shape index (κ2) is 3.36. The van der Waals surface area contributed by atoms with Crippen molar-refractivity contribution in [2.75, 3.05) is 6.54 Å². The summed E-state index contributed by atoms with van der Waals surface area (Å²) in [5, 5.41) is 9.09. The van der Waals surface area contributed by atoms with Crippen LogP contribution < -0.4 is 5.73 Å². The average molecular weight is 165 g/mol. The topological polar surface area (TPSA) is 63.3 Å². The van der Waals surface area contributed by atoms with Gasteiger partial charge in [-0.3, -0.25) is 4.79 Å². The molecule has 0 unspecified atom stereocenters. The molecule has 1 aromatic rings. The van der Waals surface area contributed by atoms with Gasteiger partial charge in [-0.05, 0) is 24.6 Å². The number of carbonyl (C=O) groups excluding carboxylic acids is 1. The molecule has 64 valence electrons. The lowest BCUT2D eigenvalue weighted by atomic mass is 10.0. The fourth-order valence-corrected chi connectivity index (χ4v) is 1.02. The first kappa shape index (κ1) is 8.74. The Bertz CT molecular complexity index is 307. The van der Waals surface area contributed by atoms with Gasteiger partial charge < -0.3 is 10.8 Å². The predicted molar refractivity (Wildman–Crippen MR) is 46.2 cm³/mol. The largest absolute Gasteiger partial charge is 0.508 e. The van der Waals surface area contributed by atoms with Crippen LogP contribution in [0.15, 0.2) is 18.2 Å². The van der Waals surface area contributed by atoms with Crippen molar-refractivity contribution in [2.45, 2.75) is 6.92 Å². The van der Waals surface area contributed by atoms with Crippen LogP contribution in [-0.2, 0) is 0 Å². The zero-order valence-corrected chi connectivity index (χ0v) is 6.87. The molecule has 0 spiro atoms. The number of aryl methyl sites for hydroxylation is 1. The van der Waals surface area contributed by atoms with Crippen molar-refractivity contribution >= 4 is 5.78 Å². The number of benzene rings is 1. The molecule has 0 radical (unpaired) electrons. The van der Waals surface area contributed by atoms with Crippen LogP contribution in [0.2, 0.25) is 0 Å². The molecule has 0 saturated carbocycles. The van der Waals surface area contributed by atoms with Crippen LogP contribution in [0.3, 0.4) is 0 Å². The van der Waals surface area contributed by atoms with Gasteiger partial charge in [-0.2, -0.15) is 0 Å². The van der Waals surface area contributed by atoms with Crippen LogP contribution >= 0.6 is 0 Å². The highest BCUT2D eigenvalue weighted by atomic mass is 16.3. The van der Waals surface area contributed by atoms with E-state index in [0.29, 0.717) is 5.56 Å². The molecule has 3 N–H and O–H groups in total. The van der Waals surface area contributed by atoms with E-state index in [2.05, 4.69) is 0 Å². The van der Waals surface area contributed by atoms with Crippen LogP contribution in [0.1, 0.15) is 15.9 Å². The van der Waals surface area contributed by atoms with E-state index in [-0.39, 0.29) is 18.1 Å². The molecule has 0 fully saturated rings. The van der Waals surface area contributed by atoms with E-state index < -0.39 is 0 Å². The van der Waals surface area contributed by atoms with Gasteiger partial charge in [-0.1, -0.05) is 6.07 Å². The summed E-state index contributed by atoms with van der Waals surface area (Å²) in [5.41, 5.74) is 6.53. The quantitative estimate of drug-likeness (QED) is 0.638. The first-order chi connectivity index (χ1) is 5.65. The maximum Gasteiger partial charge on any atom is 0.176 e. The third-order valence-electron chi connectivity index (χ3n) is 1.71. The van der Waals surface area contributed by atoms with Gasteiger partial charge in [0.2, 0.25) is 0 Å². The van der Waals surface area contributed by atoms with Gasteiger partial charge in [0.1, 0.15) is 5.75 Å². The third kappa shape index (κ3) is 1.62. The summed E-state index contributed by atoms with van der Waals surface area (Å²) in [4.78, 5) is 11.2. The minimum atomic E-state index is -0.150. The molecule has 0 amide bonds. The number of phenolic OH excluding ortho intramolecular Hbond substituents is 1. The molecule has 12 heavy (non-hydrogen) atoms. The minimum Gasteiger partial charge on any atom is -0.508 e. The average Bonchev–Trinajstić information content (AvgIpc) is 2.08. The molecule has 0 heterocycles. The number of hydrogen-bond donors (Lipinski definition) is 2. The monoisotopic (exact) mass is 165 g/mol. The number of carbonyl (C=O) groups is 1. The summed E-state index contributed by atoms with van der Waals surface area (Å²) < 4.78 is 0. The molecule has 0 aliphatic carbocycles. The Labute approximate surface area is 70.8 Å². The fourth-order valence-electron chi connectivity index (χ4n) is 1.02. The summed E-state index contributed by atoms with van der Waals surface area (Å²) in [7, 11) is 0. The molecule has 3 heteroatoms. The maximum absolute atomic E-state index is 11.2. The first-order valence-electron chi connectivity index (χ1n) is 3.68. The molecule has 0 aromatic heterocycles. The fraction of sp³-hybridized carbons (Fsp3) is 0.222. The lowest BCUT2D eigenvalue weighted by molar-refractivity contribution is 0.100. The van der Waals surface area contributed by atoms with Gasteiger partial charge >= 0.3 is 0 Å². The molecule has 1 aromatic carbocycles. The van der Waals surface area contributed by atoms with Gasteiger partial charge in [0.25, 0.3) is 0 Å².